The lowest BCUT2D eigenvalue weighted by Gasteiger charge is -2.71. The van der Waals surface area contributed by atoms with Gasteiger partial charge in [0.15, 0.2) is 31.5 Å². The molecule has 0 aromatic rings. The maximum atomic E-state index is 15.4. The first-order chi connectivity index (χ1) is 45.6. The minimum Gasteiger partial charge on any atom is -0.432 e. The topological polar surface area (TPSA) is 512 Å². The zero-order valence-corrected chi connectivity index (χ0v) is 55.7. The third kappa shape index (κ3) is 13.2. The zero-order valence-electron chi connectivity index (χ0n) is 55.7. The number of hydrogen-bond acceptors (Lipinski definition) is 32. The molecule has 19 N–H and O–H groups in total. The first-order valence-corrected chi connectivity index (χ1v) is 34.3. The average Bonchev–Trinajstić information content (AvgIpc) is 0.675. The molecule has 5 aliphatic carbocycles. The van der Waals surface area contributed by atoms with Crippen LogP contribution < -0.4 is 0 Å². The molecule has 97 heavy (non-hydrogen) atoms. The van der Waals surface area contributed by atoms with Gasteiger partial charge >= 0.3 is 5.97 Å². The van der Waals surface area contributed by atoms with Crippen LogP contribution in [-0.4, -0.2) is 327 Å². The second-order valence-electron chi connectivity index (χ2n) is 31.3. The predicted octanol–water partition coefficient (Wildman–Crippen LogP) is -5.75. The fourth-order valence-corrected chi connectivity index (χ4v) is 19.1. The van der Waals surface area contributed by atoms with Gasteiger partial charge in [0.2, 0.25) is 6.29 Å². The van der Waals surface area contributed by atoms with Crippen molar-refractivity contribution in [3.63, 3.8) is 0 Å². The minimum absolute atomic E-state index is 0.0144. The van der Waals surface area contributed by atoms with E-state index in [1.807, 2.05) is 6.92 Å². The molecule has 558 valence electrons. The van der Waals surface area contributed by atoms with E-state index < -0.39 is 250 Å². The first kappa shape index (κ1) is 76.1. The van der Waals surface area contributed by atoms with Crippen LogP contribution in [-0.2, 0) is 61.6 Å². The highest BCUT2D eigenvalue weighted by Crippen LogP contribution is 2.76. The van der Waals surface area contributed by atoms with E-state index >= 15 is 4.79 Å². The van der Waals surface area contributed by atoms with Gasteiger partial charge in [0.25, 0.3) is 0 Å². The van der Waals surface area contributed by atoms with E-state index in [4.69, 9.17) is 56.8 Å². The Morgan fingerprint density at radius 2 is 1.01 bits per heavy atom. The molecule has 4 saturated carbocycles. The van der Waals surface area contributed by atoms with E-state index in [1.54, 1.807) is 0 Å². The van der Waals surface area contributed by atoms with Gasteiger partial charge in [0.05, 0.1) is 57.3 Å². The van der Waals surface area contributed by atoms with Gasteiger partial charge in [-0.1, -0.05) is 53.2 Å². The number of rotatable bonds is 17. The van der Waals surface area contributed by atoms with Gasteiger partial charge in [-0.3, -0.25) is 4.79 Å². The zero-order chi connectivity index (χ0) is 70.7. The van der Waals surface area contributed by atoms with Gasteiger partial charge in [-0.25, -0.2) is 0 Å². The van der Waals surface area contributed by atoms with Crippen molar-refractivity contribution in [2.45, 2.75) is 297 Å². The Morgan fingerprint density at radius 1 is 0.495 bits per heavy atom. The minimum atomic E-state index is -1.95. The van der Waals surface area contributed by atoms with Gasteiger partial charge in [-0.05, 0) is 111 Å². The van der Waals surface area contributed by atoms with Crippen molar-refractivity contribution in [2.75, 3.05) is 39.6 Å². The quantitative estimate of drug-likeness (QED) is 0.0366. The van der Waals surface area contributed by atoms with Gasteiger partial charge in [0, 0.05) is 5.41 Å². The van der Waals surface area contributed by atoms with E-state index in [9.17, 15) is 97.0 Å². The maximum Gasteiger partial charge on any atom is 0.315 e. The van der Waals surface area contributed by atoms with E-state index in [1.165, 1.54) is 6.92 Å². The molecule has 11 rings (SSSR count). The lowest BCUT2D eigenvalue weighted by Crippen LogP contribution is -2.68. The number of hydrogen-bond donors (Lipinski definition) is 19. The number of carbonyl (C=O) groups excluding carboxylic acids is 1. The second kappa shape index (κ2) is 28.8. The molecule has 32 nitrogen and oxygen atoms in total. The van der Waals surface area contributed by atoms with Gasteiger partial charge in [0.1, 0.15) is 134 Å². The molecule has 6 aliphatic heterocycles. The molecule has 6 heterocycles. The van der Waals surface area contributed by atoms with Crippen LogP contribution in [0.1, 0.15) is 113 Å². The Morgan fingerprint density at radius 3 is 1.61 bits per heavy atom. The number of allylic oxidation sites excluding steroid dienone is 2. The molecule has 11 aliphatic rings. The Kier molecular flexibility index (Phi) is 22.6. The molecular formula is C65H106O32. The number of aliphatic hydroxyl groups excluding tert-OH is 19. The molecule has 0 bridgehead atoms. The molecule has 10 fully saturated rings. The van der Waals surface area contributed by atoms with Crippen molar-refractivity contribution in [3.05, 3.63) is 11.6 Å². The van der Waals surface area contributed by atoms with E-state index in [0.717, 1.165) is 5.57 Å². The molecule has 0 radical (unpaired) electrons. The van der Waals surface area contributed by atoms with Crippen molar-refractivity contribution in [2.24, 2.45) is 50.2 Å². The summed E-state index contributed by atoms with van der Waals surface area (Å²) in [6, 6.07) is 0. The highest BCUT2D eigenvalue weighted by atomic mass is 16.8. The highest BCUT2D eigenvalue weighted by molar-refractivity contribution is 5.79. The Labute approximate surface area is 561 Å². The largest absolute Gasteiger partial charge is 0.432 e. The number of aliphatic hydroxyl groups is 19. The maximum absolute atomic E-state index is 15.4. The summed E-state index contributed by atoms with van der Waals surface area (Å²) in [6.07, 6.45) is -42.4. The van der Waals surface area contributed by atoms with E-state index in [-0.39, 0.29) is 29.8 Å². The summed E-state index contributed by atoms with van der Waals surface area (Å²) in [7, 11) is 0. The Balaban J connectivity index is 0.800. The van der Waals surface area contributed by atoms with Crippen LogP contribution in [0, 0.1) is 50.2 Å². The molecular weight excluding hydrogens is 1290 g/mol. The molecule has 0 aromatic heterocycles. The molecule has 0 aromatic carbocycles. The highest BCUT2D eigenvalue weighted by Gasteiger charge is 2.71. The number of carbonyl (C=O) groups is 1. The van der Waals surface area contributed by atoms with Crippen LogP contribution in [0.4, 0.5) is 0 Å². The first-order valence-electron chi connectivity index (χ1n) is 34.3. The van der Waals surface area contributed by atoms with Crippen molar-refractivity contribution in [1.29, 1.82) is 0 Å². The molecule has 6 saturated heterocycles. The summed E-state index contributed by atoms with van der Waals surface area (Å²) in [5.74, 6) is -1.21. The lowest BCUT2D eigenvalue weighted by molar-refractivity contribution is -0.390. The normalized spacial score (nSPS) is 54.7. The number of fused-ring (bicyclic) bond motifs is 7. The summed E-state index contributed by atoms with van der Waals surface area (Å²) in [6.45, 7) is 10.6. The summed E-state index contributed by atoms with van der Waals surface area (Å²) in [5, 5.41) is 206. The van der Waals surface area contributed by atoms with Gasteiger partial charge in [-0.15, -0.1) is 0 Å². The third-order valence-electron chi connectivity index (χ3n) is 25.3. The lowest BCUT2D eigenvalue weighted by atomic mass is 9.33. The predicted molar refractivity (Wildman–Crippen MR) is 322 cm³/mol. The second-order valence-corrected chi connectivity index (χ2v) is 31.3. The van der Waals surface area contributed by atoms with E-state index in [0.29, 0.717) is 64.2 Å². The van der Waals surface area contributed by atoms with Crippen molar-refractivity contribution in [1.82, 2.24) is 0 Å². The van der Waals surface area contributed by atoms with Gasteiger partial charge in [-0.2, -0.15) is 0 Å². The number of esters is 1. The van der Waals surface area contributed by atoms with Gasteiger partial charge < -0.3 is 154 Å². The van der Waals surface area contributed by atoms with Crippen LogP contribution >= 0.6 is 0 Å². The third-order valence-corrected chi connectivity index (χ3v) is 25.3. The monoisotopic (exact) mass is 1400 g/mol. The molecule has 0 amide bonds. The van der Waals surface area contributed by atoms with Crippen LogP contribution in [0.2, 0.25) is 0 Å². The molecule has 38 unspecified atom stereocenters. The van der Waals surface area contributed by atoms with Crippen molar-refractivity contribution >= 4 is 5.97 Å². The van der Waals surface area contributed by atoms with E-state index in [2.05, 4.69) is 40.7 Å². The fraction of sp³-hybridized carbons (Fsp3) is 0.954. The summed E-state index contributed by atoms with van der Waals surface area (Å²) in [5.41, 5.74) is -2.59. The van der Waals surface area contributed by atoms with Crippen LogP contribution in [0.5, 0.6) is 0 Å². The smallest absolute Gasteiger partial charge is 0.315 e. The molecule has 0 spiro atoms. The summed E-state index contributed by atoms with van der Waals surface area (Å²) in [4.78, 5) is 15.4. The summed E-state index contributed by atoms with van der Waals surface area (Å²) >= 11 is 0. The molecule has 32 heteroatoms. The van der Waals surface area contributed by atoms with Crippen molar-refractivity contribution < 1.29 is 159 Å². The Hall–Kier alpha value is -1.99. The van der Waals surface area contributed by atoms with Crippen LogP contribution in [0.25, 0.3) is 0 Å². The van der Waals surface area contributed by atoms with Crippen LogP contribution in [0.3, 0.4) is 0 Å². The Bertz CT molecular complexity index is 2710. The fourth-order valence-electron chi connectivity index (χ4n) is 19.1. The standard InChI is InChI=1S/C65H106O32/c1-25-36(71)40(75)45(80)54(88-25)95-51-31(21-68)91-53(49(84)44(51)79)87-23-32-39(74)43(78)48(83)57(92-32)97-59(85)65-16-14-60(2,3)18-27(65)26-8-9-34-61(4)12-11-35(62(5,24-69)33(61)10-13-64(34,7)63(26,6)15-17-65)93-58-52(96-56-47(82)42(77)38(73)30(20-67)90-56)50(28(70)22-86-58)94-55-46(81)41(76)37(72)29(19-66)89-55/h8,25,27-58,66-84H,9-24H2,1-7H3. The molecule has 38 atom stereocenters. The average molecular weight is 1400 g/mol. The summed E-state index contributed by atoms with van der Waals surface area (Å²) < 4.78 is 72.0. The number of ether oxygens (including phenoxy) is 12. The van der Waals surface area contributed by atoms with Crippen molar-refractivity contribution in [3.8, 4) is 0 Å². The van der Waals surface area contributed by atoms with Crippen LogP contribution in [0.15, 0.2) is 11.6 Å². The SMILES string of the molecule is CC1OC(OC2C(CO)OC(OCC3OC(OC(=O)C45CCC(C)(C)CC4C4=CCC6C7(C)CCC(OC8OCC(O)C(OC9OC(CO)C(O)C(O)C9O)C8OC8OC(CO)C(O)C(O)C8O)C(C)(CO)C7CCC6(C)C4(C)CC5)C(O)C(O)C3O)C(O)C2O)C(O)C(O)C1O.